The van der Waals surface area contributed by atoms with E-state index >= 15 is 0 Å². The number of esters is 1. The second kappa shape index (κ2) is 7.29. The number of allylic oxidation sites excluding steroid dienone is 3. The average Bonchev–Trinajstić information content (AvgIpc) is 3.16. The summed E-state index contributed by atoms with van der Waals surface area (Å²) in [5.41, 5.74) is -1.12. The third kappa shape index (κ3) is 3.20. The molecule has 1 spiro atoms. The molecule has 29 heavy (non-hydrogen) atoms. The summed E-state index contributed by atoms with van der Waals surface area (Å²) in [6.45, 7) is 7.92. The third-order valence-electron chi connectivity index (χ3n) is 6.74. The molecule has 3 rings (SSSR count). The Kier molecular flexibility index (Phi) is 5.43. The minimum Gasteiger partial charge on any atom is -0.469 e. The molecule has 1 aliphatic heterocycles. The average molecular weight is 404 g/mol. The minimum absolute atomic E-state index is 0.170. The van der Waals surface area contributed by atoms with Gasteiger partial charge in [-0.1, -0.05) is 25.5 Å². The van der Waals surface area contributed by atoms with Gasteiger partial charge in [0.1, 0.15) is 0 Å². The van der Waals surface area contributed by atoms with Crippen LogP contribution in [0.3, 0.4) is 0 Å². The van der Waals surface area contributed by atoms with Crippen molar-refractivity contribution in [2.75, 3.05) is 20.3 Å². The molecule has 2 aliphatic carbocycles. The standard InChI is InChI=1S/C22H28O7/c1-13-6-9-22(28-10-11-29-22)20(2,3)16(13)17(24)18(25)21(4)8-7-14(23)12-15(21)19(26)27-5/h7-8,15H,6,9-12H2,1-5H3/t15-,21+/m0/s1. The highest BCUT2D eigenvalue weighted by molar-refractivity contribution is 6.46. The quantitative estimate of drug-likeness (QED) is 0.524. The van der Waals surface area contributed by atoms with E-state index in [9.17, 15) is 19.2 Å². The van der Waals surface area contributed by atoms with Gasteiger partial charge in [-0.25, -0.2) is 0 Å². The van der Waals surface area contributed by atoms with E-state index in [1.165, 1.54) is 26.2 Å². The highest BCUT2D eigenvalue weighted by atomic mass is 16.7. The van der Waals surface area contributed by atoms with Crippen LogP contribution in [0.5, 0.6) is 0 Å². The summed E-state index contributed by atoms with van der Waals surface area (Å²) < 4.78 is 16.6. The Balaban J connectivity index is 2.02. The zero-order valence-electron chi connectivity index (χ0n) is 17.6. The van der Waals surface area contributed by atoms with Crippen molar-refractivity contribution in [1.29, 1.82) is 0 Å². The monoisotopic (exact) mass is 404 g/mol. The number of carbonyl (C=O) groups is 4. The molecule has 0 bridgehead atoms. The van der Waals surface area contributed by atoms with Gasteiger partial charge in [0, 0.05) is 23.8 Å². The Morgan fingerprint density at radius 1 is 1.14 bits per heavy atom. The number of rotatable bonds is 4. The van der Waals surface area contributed by atoms with Gasteiger partial charge in [0.05, 0.1) is 31.7 Å². The molecule has 0 saturated carbocycles. The molecule has 7 heteroatoms. The maximum atomic E-state index is 13.5. The number of ketones is 3. The van der Waals surface area contributed by atoms with Crippen LogP contribution in [-0.2, 0) is 33.4 Å². The van der Waals surface area contributed by atoms with E-state index < -0.39 is 40.1 Å². The van der Waals surface area contributed by atoms with Crippen molar-refractivity contribution in [1.82, 2.24) is 0 Å². The second-order valence-electron chi connectivity index (χ2n) is 8.75. The number of hydrogen-bond donors (Lipinski definition) is 0. The van der Waals surface area contributed by atoms with Crippen LogP contribution in [0.4, 0.5) is 0 Å². The highest BCUT2D eigenvalue weighted by Crippen LogP contribution is 2.52. The predicted octanol–water partition coefficient (Wildman–Crippen LogP) is 2.33. The Bertz CT molecular complexity index is 826. The largest absolute Gasteiger partial charge is 0.469 e. The SMILES string of the molecule is COC(=O)[C@@H]1CC(=O)C=C[C@@]1(C)C(=O)C(=O)C1=C(C)CCC2(OCCO2)C1(C)C. The molecule has 1 saturated heterocycles. The molecule has 7 nitrogen and oxygen atoms in total. The van der Waals surface area contributed by atoms with Gasteiger partial charge in [0.2, 0.25) is 11.6 Å². The summed E-state index contributed by atoms with van der Waals surface area (Å²) in [6.07, 6.45) is 3.64. The molecule has 0 unspecified atom stereocenters. The first kappa shape index (κ1) is 21.6. The van der Waals surface area contributed by atoms with Crippen molar-refractivity contribution in [2.24, 2.45) is 16.7 Å². The van der Waals surface area contributed by atoms with Crippen LogP contribution in [0, 0.1) is 16.7 Å². The van der Waals surface area contributed by atoms with Crippen LogP contribution >= 0.6 is 0 Å². The Hall–Kier alpha value is -2.12. The topological polar surface area (TPSA) is 96.0 Å². The Morgan fingerprint density at radius 3 is 2.34 bits per heavy atom. The van der Waals surface area contributed by atoms with Crippen molar-refractivity contribution in [3.63, 3.8) is 0 Å². The van der Waals surface area contributed by atoms with Crippen molar-refractivity contribution < 1.29 is 33.4 Å². The Morgan fingerprint density at radius 2 is 1.76 bits per heavy atom. The summed E-state index contributed by atoms with van der Waals surface area (Å²) in [5.74, 6) is -4.34. The van der Waals surface area contributed by atoms with Crippen LogP contribution < -0.4 is 0 Å². The van der Waals surface area contributed by atoms with Gasteiger partial charge in [-0.3, -0.25) is 19.2 Å². The zero-order valence-corrected chi connectivity index (χ0v) is 17.6. The zero-order chi connectivity index (χ0) is 21.6. The lowest BCUT2D eigenvalue weighted by Gasteiger charge is -2.47. The molecular weight excluding hydrogens is 376 g/mol. The second-order valence-corrected chi connectivity index (χ2v) is 8.75. The molecule has 0 aromatic rings. The van der Waals surface area contributed by atoms with Gasteiger partial charge < -0.3 is 14.2 Å². The number of Topliss-reactive ketones (excluding diaryl/α,β-unsaturated/α-hetero) is 2. The van der Waals surface area contributed by atoms with Crippen molar-refractivity contribution in [3.05, 3.63) is 23.3 Å². The van der Waals surface area contributed by atoms with E-state index in [1.54, 1.807) is 0 Å². The van der Waals surface area contributed by atoms with Crippen LogP contribution in [0.2, 0.25) is 0 Å². The van der Waals surface area contributed by atoms with E-state index in [4.69, 9.17) is 14.2 Å². The Labute approximate surface area is 170 Å². The molecule has 0 aromatic heterocycles. The molecule has 1 fully saturated rings. The van der Waals surface area contributed by atoms with Crippen molar-refractivity contribution in [2.45, 2.75) is 52.7 Å². The van der Waals surface area contributed by atoms with E-state index in [0.717, 1.165) is 5.57 Å². The van der Waals surface area contributed by atoms with Crippen LogP contribution in [-0.4, -0.2) is 49.4 Å². The molecule has 0 aromatic carbocycles. The molecule has 0 radical (unpaired) electrons. The molecule has 158 valence electrons. The van der Waals surface area contributed by atoms with E-state index in [0.29, 0.717) is 31.6 Å². The summed E-state index contributed by atoms with van der Waals surface area (Å²) in [4.78, 5) is 51.1. The number of hydrogen-bond acceptors (Lipinski definition) is 7. The molecule has 2 atom stereocenters. The van der Waals surface area contributed by atoms with Gasteiger partial charge >= 0.3 is 5.97 Å². The van der Waals surface area contributed by atoms with Gasteiger partial charge in [0.25, 0.3) is 0 Å². The van der Waals surface area contributed by atoms with Crippen LogP contribution in [0.25, 0.3) is 0 Å². The smallest absolute Gasteiger partial charge is 0.310 e. The third-order valence-corrected chi connectivity index (χ3v) is 6.74. The van der Waals surface area contributed by atoms with Crippen molar-refractivity contribution in [3.8, 4) is 0 Å². The predicted molar refractivity (Wildman–Crippen MR) is 103 cm³/mol. The molecule has 0 amide bonds. The van der Waals surface area contributed by atoms with E-state index in [1.807, 2.05) is 20.8 Å². The molecule has 3 aliphatic rings. The van der Waals surface area contributed by atoms with Crippen molar-refractivity contribution >= 4 is 23.3 Å². The van der Waals surface area contributed by atoms with Gasteiger partial charge in [0.15, 0.2) is 11.6 Å². The first-order chi connectivity index (χ1) is 13.5. The van der Waals surface area contributed by atoms with Crippen LogP contribution in [0.15, 0.2) is 23.3 Å². The lowest BCUT2D eigenvalue weighted by atomic mass is 9.62. The highest BCUT2D eigenvalue weighted by Gasteiger charge is 2.58. The normalized spacial score (nSPS) is 30.5. The lowest BCUT2D eigenvalue weighted by Crippen LogP contribution is -2.53. The van der Waals surface area contributed by atoms with Crippen LogP contribution in [0.1, 0.15) is 47.0 Å². The fourth-order valence-corrected chi connectivity index (χ4v) is 4.88. The fourth-order valence-electron chi connectivity index (χ4n) is 4.88. The fraction of sp³-hybridized carbons (Fsp3) is 0.636. The molecule has 0 N–H and O–H groups in total. The number of methoxy groups -OCH3 is 1. The summed E-state index contributed by atoms with van der Waals surface area (Å²) >= 11 is 0. The summed E-state index contributed by atoms with van der Waals surface area (Å²) in [5, 5.41) is 0. The van der Waals surface area contributed by atoms with Gasteiger partial charge in [-0.15, -0.1) is 0 Å². The number of carbonyl (C=O) groups excluding carboxylic acids is 4. The van der Waals surface area contributed by atoms with E-state index in [2.05, 4.69) is 0 Å². The lowest BCUT2D eigenvalue weighted by molar-refractivity contribution is -0.224. The van der Waals surface area contributed by atoms with Gasteiger partial charge in [-0.05, 0) is 26.3 Å². The molecule has 1 heterocycles. The maximum absolute atomic E-state index is 13.5. The van der Waals surface area contributed by atoms with Gasteiger partial charge in [-0.2, -0.15) is 0 Å². The maximum Gasteiger partial charge on any atom is 0.310 e. The number of ether oxygens (including phenoxy) is 3. The summed E-state index contributed by atoms with van der Waals surface area (Å²) in [7, 11) is 1.20. The first-order valence-electron chi connectivity index (χ1n) is 9.87. The first-order valence-corrected chi connectivity index (χ1v) is 9.87. The van der Waals surface area contributed by atoms with E-state index in [-0.39, 0.29) is 12.2 Å². The minimum atomic E-state index is -1.45. The molecular formula is C22H28O7. The summed E-state index contributed by atoms with van der Waals surface area (Å²) in [6, 6.07) is 0.